The first-order chi connectivity index (χ1) is 12.5. The fraction of sp³-hybridized carbons (Fsp3) is 0.421. The number of hydrogen-bond donors (Lipinski definition) is 1. The van der Waals surface area contributed by atoms with E-state index in [2.05, 4.69) is 11.2 Å². The van der Waals surface area contributed by atoms with E-state index in [1.807, 2.05) is 41.2 Å². The molecule has 4 rings (SSSR count). The van der Waals surface area contributed by atoms with Gasteiger partial charge < -0.3 is 10.6 Å². The van der Waals surface area contributed by atoms with Gasteiger partial charge in [-0.15, -0.1) is 0 Å². The molecule has 7 heteroatoms. The van der Waals surface area contributed by atoms with E-state index in [0.717, 1.165) is 24.2 Å². The zero-order valence-electron chi connectivity index (χ0n) is 14.8. The second kappa shape index (κ2) is 6.57. The van der Waals surface area contributed by atoms with Gasteiger partial charge in [0.1, 0.15) is 0 Å². The average molecular weight is 353 g/mol. The van der Waals surface area contributed by atoms with Gasteiger partial charge in [-0.05, 0) is 23.6 Å². The van der Waals surface area contributed by atoms with E-state index in [4.69, 9.17) is 5.73 Å². The molecule has 0 bridgehead atoms. The molecular formula is C19H23N5O2. The standard InChI is InChI=1S/C19H23N5O2/c1-22-9-14(8-21-22)15-10-23(11-16(15)19(20)26)12-18(25)24-7-6-13-4-2-3-5-17(13)24/h2-5,8-9,15-16H,6-7,10-12H2,1H3,(H2,20,26)/t15-,16+/m1/s1. The van der Waals surface area contributed by atoms with Crippen LogP contribution in [0.4, 0.5) is 5.69 Å². The smallest absolute Gasteiger partial charge is 0.241 e. The molecule has 0 aliphatic carbocycles. The van der Waals surface area contributed by atoms with E-state index >= 15 is 0 Å². The first-order valence-electron chi connectivity index (χ1n) is 8.91. The number of primary amides is 1. The minimum Gasteiger partial charge on any atom is -0.369 e. The summed E-state index contributed by atoms with van der Waals surface area (Å²) in [6, 6.07) is 8.03. The SMILES string of the molecule is Cn1cc([C@H]2CN(CC(=O)N3CCc4ccccc43)C[C@@H]2C(N)=O)cn1. The predicted octanol–water partition coefficient (Wildman–Crippen LogP) is 0.510. The van der Waals surface area contributed by atoms with E-state index in [-0.39, 0.29) is 23.7 Å². The highest BCUT2D eigenvalue weighted by atomic mass is 16.2. The van der Waals surface area contributed by atoms with Gasteiger partial charge in [-0.1, -0.05) is 18.2 Å². The highest BCUT2D eigenvalue weighted by Crippen LogP contribution is 2.33. The molecule has 2 aliphatic rings. The van der Waals surface area contributed by atoms with Gasteiger partial charge >= 0.3 is 0 Å². The largest absolute Gasteiger partial charge is 0.369 e. The lowest BCUT2D eigenvalue weighted by Gasteiger charge is -2.21. The Hall–Kier alpha value is -2.67. The highest BCUT2D eigenvalue weighted by molar-refractivity contribution is 5.96. The number of fused-ring (bicyclic) bond motifs is 1. The van der Waals surface area contributed by atoms with Crippen molar-refractivity contribution >= 4 is 17.5 Å². The molecule has 1 aromatic heterocycles. The normalized spacial score (nSPS) is 22.6. The fourth-order valence-electron chi connectivity index (χ4n) is 4.15. The third-order valence-electron chi connectivity index (χ3n) is 5.46. The molecule has 0 spiro atoms. The Morgan fingerprint density at radius 1 is 1.27 bits per heavy atom. The molecule has 0 unspecified atom stereocenters. The monoisotopic (exact) mass is 353 g/mol. The Bertz CT molecular complexity index is 846. The highest BCUT2D eigenvalue weighted by Gasteiger charge is 2.39. The van der Waals surface area contributed by atoms with Crippen LogP contribution in [0.2, 0.25) is 0 Å². The molecule has 136 valence electrons. The minimum atomic E-state index is -0.319. The van der Waals surface area contributed by atoms with Crippen LogP contribution in [0, 0.1) is 5.92 Å². The number of aryl methyl sites for hydroxylation is 1. The number of rotatable bonds is 4. The van der Waals surface area contributed by atoms with Crippen molar-refractivity contribution < 1.29 is 9.59 Å². The first kappa shape index (κ1) is 16.8. The minimum absolute atomic E-state index is 0.0140. The van der Waals surface area contributed by atoms with E-state index in [1.165, 1.54) is 5.56 Å². The lowest BCUT2D eigenvalue weighted by molar-refractivity contribution is -0.122. The maximum absolute atomic E-state index is 12.8. The summed E-state index contributed by atoms with van der Waals surface area (Å²) in [5.41, 5.74) is 8.84. The quantitative estimate of drug-likeness (QED) is 0.868. The third-order valence-corrected chi connectivity index (χ3v) is 5.46. The number of nitrogens with zero attached hydrogens (tertiary/aromatic N) is 4. The molecule has 26 heavy (non-hydrogen) atoms. The Labute approximate surface area is 152 Å². The Morgan fingerprint density at radius 3 is 2.81 bits per heavy atom. The number of aromatic nitrogens is 2. The molecule has 1 aromatic carbocycles. The van der Waals surface area contributed by atoms with Crippen LogP contribution in [-0.2, 0) is 23.1 Å². The molecular weight excluding hydrogens is 330 g/mol. The molecule has 0 saturated carbocycles. The van der Waals surface area contributed by atoms with Crippen LogP contribution in [0.5, 0.6) is 0 Å². The lowest BCUT2D eigenvalue weighted by atomic mass is 9.90. The molecule has 2 aliphatic heterocycles. The summed E-state index contributed by atoms with van der Waals surface area (Å²) in [6.07, 6.45) is 4.59. The molecule has 1 fully saturated rings. The Morgan fingerprint density at radius 2 is 2.08 bits per heavy atom. The van der Waals surface area contributed by atoms with Crippen molar-refractivity contribution in [2.24, 2.45) is 18.7 Å². The number of para-hydroxylation sites is 1. The van der Waals surface area contributed by atoms with Crippen LogP contribution < -0.4 is 10.6 Å². The van der Waals surface area contributed by atoms with Crippen LogP contribution in [0.1, 0.15) is 17.0 Å². The van der Waals surface area contributed by atoms with Crippen LogP contribution in [0.3, 0.4) is 0 Å². The van der Waals surface area contributed by atoms with Gasteiger partial charge in [-0.25, -0.2) is 0 Å². The number of nitrogens with two attached hydrogens (primary N) is 1. The maximum atomic E-state index is 12.8. The van der Waals surface area contributed by atoms with E-state index < -0.39 is 0 Å². The molecule has 3 heterocycles. The maximum Gasteiger partial charge on any atom is 0.241 e. The second-order valence-electron chi connectivity index (χ2n) is 7.18. The lowest BCUT2D eigenvalue weighted by Crippen LogP contribution is -2.39. The second-order valence-corrected chi connectivity index (χ2v) is 7.18. The summed E-state index contributed by atoms with van der Waals surface area (Å²) in [6.45, 7) is 2.17. The summed E-state index contributed by atoms with van der Waals surface area (Å²) in [7, 11) is 1.85. The molecule has 0 radical (unpaired) electrons. The van der Waals surface area contributed by atoms with E-state index in [1.54, 1.807) is 10.9 Å². The van der Waals surface area contributed by atoms with Gasteiger partial charge in [-0.2, -0.15) is 5.10 Å². The van der Waals surface area contributed by atoms with Gasteiger partial charge in [-0.3, -0.25) is 19.2 Å². The molecule has 1 saturated heterocycles. The number of amides is 2. The first-order valence-corrected chi connectivity index (χ1v) is 8.91. The summed E-state index contributed by atoms with van der Waals surface area (Å²) in [5, 5.41) is 4.20. The van der Waals surface area contributed by atoms with E-state index in [9.17, 15) is 9.59 Å². The van der Waals surface area contributed by atoms with Crippen molar-refractivity contribution in [1.82, 2.24) is 14.7 Å². The van der Waals surface area contributed by atoms with Crippen LogP contribution in [0.25, 0.3) is 0 Å². The van der Waals surface area contributed by atoms with Crippen molar-refractivity contribution in [3.8, 4) is 0 Å². The molecule has 2 atom stereocenters. The summed E-state index contributed by atoms with van der Waals surface area (Å²) in [4.78, 5) is 28.6. The van der Waals surface area contributed by atoms with E-state index in [0.29, 0.717) is 19.6 Å². The van der Waals surface area contributed by atoms with Crippen molar-refractivity contribution in [3.63, 3.8) is 0 Å². The molecule has 2 N–H and O–H groups in total. The third kappa shape index (κ3) is 2.99. The van der Waals surface area contributed by atoms with Gasteiger partial charge in [0.2, 0.25) is 11.8 Å². The predicted molar refractivity (Wildman–Crippen MR) is 97.6 cm³/mol. The Kier molecular flexibility index (Phi) is 4.24. The van der Waals surface area contributed by atoms with Crippen molar-refractivity contribution in [3.05, 3.63) is 47.8 Å². The molecule has 7 nitrogen and oxygen atoms in total. The number of carbonyl (C=O) groups excluding carboxylic acids is 2. The zero-order chi connectivity index (χ0) is 18.3. The van der Waals surface area contributed by atoms with Crippen molar-refractivity contribution in [2.45, 2.75) is 12.3 Å². The zero-order valence-corrected chi connectivity index (χ0v) is 14.8. The number of anilines is 1. The fourth-order valence-corrected chi connectivity index (χ4v) is 4.15. The van der Waals surface area contributed by atoms with Gasteiger partial charge in [0, 0.05) is 44.5 Å². The van der Waals surface area contributed by atoms with Crippen molar-refractivity contribution in [2.75, 3.05) is 31.1 Å². The number of hydrogen-bond acceptors (Lipinski definition) is 4. The topological polar surface area (TPSA) is 84.5 Å². The van der Waals surface area contributed by atoms with Crippen molar-refractivity contribution in [1.29, 1.82) is 0 Å². The molecule has 2 amide bonds. The summed E-state index contributed by atoms with van der Waals surface area (Å²) < 4.78 is 1.72. The van der Waals surface area contributed by atoms with Crippen LogP contribution >= 0.6 is 0 Å². The number of benzene rings is 1. The number of likely N-dealkylation sites (tertiary alicyclic amines) is 1. The summed E-state index contributed by atoms with van der Waals surface area (Å²) >= 11 is 0. The van der Waals surface area contributed by atoms with Gasteiger partial charge in [0.05, 0.1) is 18.7 Å². The number of carbonyl (C=O) groups is 2. The molecule has 2 aromatic rings. The van der Waals surface area contributed by atoms with Crippen LogP contribution in [0.15, 0.2) is 36.7 Å². The average Bonchev–Trinajstić information content (AvgIpc) is 3.32. The van der Waals surface area contributed by atoms with Gasteiger partial charge in [0.25, 0.3) is 0 Å². The van der Waals surface area contributed by atoms with Gasteiger partial charge in [0.15, 0.2) is 0 Å². The summed E-state index contributed by atoms with van der Waals surface area (Å²) in [5.74, 6) is -0.553. The Balaban J connectivity index is 1.47. The van der Waals surface area contributed by atoms with Crippen LogP contribution in [-0.4, -0.2) is 52.7 Å².